The van der Waals surface area contributed by atoms with Gasteiger partial charge in [0.2, 0.25) is 5.78 Å². The van der Waals surface area contributed by atoms with Gasteiger partial charge in [0, 0.05) is 25.3 Å². The van der Waals surface area contributed by atoms with Gasteiger partial charge >= 0.3 is 5.79 Å². The molecule has 1 aliphatic carbocycles. The first kappa shape index (κ1) is 13.5. The molecule has 0 radical (unpaired) electrons. The summed E-state index contributed by atoms with van der Waals surface area (Å²) in [6, 6.07) is 5.05. The van der Waals surface area contributed by atoms with Crippen molar-refractivity contribution < 1.29 is 28.5 Å². The number of benzene rings is 1. The van der Waals surface area contributed by atoms with Gasteiger partial charge in [-0.1, -0.05) is 0 Å². The maximum absolute atomic E-state index is 12.3. The van der Waals surface area contributed by atoms with E-state index in [0.717, 1.165) is 0 Å². The van der Waals surface area contributed by atoms with E-state index in [4.69, 9.17) is 23.7 Å². The Kier molecular flexibility index (Phi) is 3.10. The van der Waals surface area contributed by atoms with E-state index in [1.165, 1.54) is 20.3 Å². The Bertz CT molecular complexity index is 660. The van der Waals surface area contributed by atoms with Gasteiger partial charge in [0.05, 0.1) is 14.2 Å². The van der Waals surface area contributed by atoms with Crippen molar-refractivity contribution in [3.8, 4) is 17.2 Å². The van der Waals surface area contributed by atoms with Crippen LogP contribution >= 0.6 is 0 Å². The molecule has 0 bridgehead atoms. The summed E-state index contributed by atoms with van der Waals surface area (Å²) < 4.78 is 27.0. The Balaban J connectivity index is 2.09. The number of hydrogen-bond acceptors (Lipinski definition) is 6. The van der Waals surface area contributed by atoms with Gasteiger partial charge in [-0.05, 0) is 12.1 Å². The predicted octanol–water partition coefficient (Wildman–Crippen LogP) is 1.81. The molecule has 3 rings (SSSR count). The lowest BCUT2D eigenvalue weighted by molar-refractivity contribution is -0.178. The third-order valence-corrected chi connectivity index (χ3v) is 3.34. The lowest BCUT2D eigenvalue weighted by atomic mass is 10.0. The maximum atomic E-state index is 12.3. The first-order valence-electron chi connectivity index (χ1n) is 6.25. The number of allylic oxidation sites excluding steroid dienone is 1. The fraction of sp³-hybridized carbons (Fsp3) is 0.267. The minimum Gasteiger partial charge on any atom is -0.497 e. The van der Waals surface area contributed by atoms with Crippen molar-refractivity contribution in [1.29, 1.82) is 0 Å². The van der Waals surface area contributed by atoms with Crippen molar-refractivity contribution in [2.45, 2.75) is 5.79 Å². The molecule has 0 unspecified atom stereocenters. The summed E-state index contributed by atoms with van der Waals surface area (Å²) in [6.45, 7) is 0. The maximum Gasteiger partial charge on any atom is 0.335 e. The van der Waals surface area contributed by atoms with Crippen LogP contribution in [0.2, 0.25) is 0 Å². The van der Waals surface area contributed by atoms with Crippen LogP contribution in [-0.2, 0) is 14.3 Å². The van der Waals surface area contributed by atoms with Gasteiger partial charge < -0.3 is 23.7 Å². The molecule has 0 N–H and O–H groups in total. The zero-order valence-electron chi connectivity index (χ0n) is 11.8. The molecule has 0 aromatic heterocycles. The van der Waals surface area contributed by atoms with Crippen molar-refractivity contribution in [3.05, 3.63) is 41.9 Å². The Morgan fingerprint density at radius 2 is 1.86 bits per heavy atom. The highest BCUT2D eigenvalue weighted by molar-refractivity contribution is 6.00. The van der Waals surface area contributed by atoms with Crippen LogP contribution in [-0.4, -0.2) is 32.9 Å². The van der Waals surface area contributed by atoms with Crippen molar-refractivity contribution >= 4 is 5.78 Å². The highest BCUT2D eigenvalue weighted by Crippen LogP contribution is 2.44. The fourth-order valence-corrected chi connectivity index (χ4v) is 2.22. The normalized spacial score (nSPS) is 22.9. The summed E-state index contributed by atoms with van der Waals surface area (Å²) in [4.78, 5) is 12.3. The molecule has 0 saturated carbocycles. The molecule has 110 valence electrons. The Labute approximate surface area is 121 Å². The molecule has 0 amide bonds. The van der Waals surface area contributed by atoms with Gasteiger partial charge in [-0.15, -0.1) is 0 Å². The number of ether oxygens (including phenoxy) is 5. The molecule has 1 aromatic carbocycles. The second-order valence-electron chi connectivity index (χ2n) is 4.46. The van der Waals surface area contributed by atoms with E-state index in [0.29, 0.717) is 23.0 Å². The lowest BCUT2D eigenvalue weighted by Crippen LogP contribution is -2.52. The van der Waals surface area contributed by atoms with Crippen LogP contribution in [0.25, 0.3) is 0 Å². The Morgan fingerprint density at radius 3 is 2.52 bits per heavy atom. The van der Waals surface area contributed by atoms with Crippen LogP contribution in [0, 0.1) is 0 Å². The second kappa shape index (κ2) is 4.82. The molecular weight excluding hydrogens is 276 g/mol. The van der Waals surface area contributed by atoms with Gasteiger partial charge in [-0.2, -0.15) is 0 Å². The average molecular weight is 290 g/mol. The standard InChI is InChI=1S/C15H14O6/c1-17-9-4-5-11-12(6-9)20-14-8-10(18-2)7-13(16)15(14,19-3)21-11/h4-8H,1-3H3/t15-/m0/s1. The van der Waals surface area contributed by atoms with E-state index in [1.54, 1.807) is 31.4 Å². The number of rotatable bonds is 3. The zero-order valence-corrected chi connectivity index (χ0v) is 11.8. The highest BCUT2D eigenvalue weighted by atomic mass is 16.7. The van der Waals surface area contributed by atoms with Crippen LogP contribution < -0.4 is 14.2 Å². The first-order chi connectivity index (χ1) is 10.1. The van der Waals surface area contributed by atoms with E-state index in [-0.39, 0.29) is 5.76 Å². The summed E-state index contributed by atoms with van der Waals surface area (Å²) >= 11 is 0. The second-order valence-corrected chi connectivity index (χ2v) is 4.46. The summed E-state index contributed by atoms with van der Waals surface area (Å²) in [6.07, 6.45) is 2.87. The van der Waals surface area contributed by atoms with Crippen molar-refractivity contribution in [2.24, 2.45) is 0 Å². The highest BCUT2D eigenvalue weighted by Gasteiger charge is 2.52. The number of ketones is 1. The topological polar surface area (TPSA) is 63.2 Å². The number of hydrogen-bond donors (Lipinski definition) is 0. The Hall–Kier alpha value is -2.47. The fourth-order valence-electron chi connectivity index (χ4n) is 2.22. The lowest BCUT2D eigenvalue weighted by Gasteiger charge is -2.38. The van der Waals surface area contributed by atoms with E-state index >= 15 is 0 Å². The molecule has 1 aromatic rings. The van der Waals surface area contributed by atoms with Crippen molar-refractivity contribution in [3.63, 3.8) is 0 Å². The molecular formula is C15H14O6. The molecule has 6 heteroatoms. The molecule has 0 fully saturated rings. The molecule has 0 saturated heterocycles. The van der Waals surface area contributed by atoms with Gasteiger partial charge in [0.15, 0.2) is 17.3 Å². The molecule has 2 aliphatic rings. The molecule has 6 nitrogen and oxygen atoms in total. The number of fused-ring (bicyclic) bond motifs is 2. The van der Waals surface area contributed by atoms with E-state index < -0.39 is 11.6 Å². The van der Waals surface area contributed by atoms with E-state index in [9.17, 15) is 4.79 Å². The first-order valence-corrected chi connectivity index (χ1v) is 6.25. The molecule has 1 atom stereocenters. The van der Waals surface area contributed by atoms with Crippen LogP contribution in [0.1, 0.15) is 0 Å². The van der Waals surface area contributed by atoms with E-state index in [2.05, 4.69) is 0 Å². The monoisotopic (exact) mass is 290 g/mol. The number of methoxy groups -OCH3 is 3. The minimum atomic E-state index is -1.61. The third kappa shape index (κ3) is 1.95. The smallest absolute Gasteiger partial charge is 0.335 e. The van der Waals surface area contributed by atoms with Crippen LogP contribution in [0.4, 0.5) is 0 Å². The SMILES string of the molecule is COC1=CC(=O)[C@]2(OC)Oc3ccc(OC)cc3OC2=C1. The summed E-state index contributed by atoms with van der Waals surface area (Å²) in [7, 11) is 4.41. The molecule has 21 heavy (non-hydrogen) atoms. The summed E-state index contributed by atoms with van der Waals surface area (Å²) in [5.74, 6) is 0.0424. The zero-order chi connectivity index (χ0) is 15.0. The Morgan fingerprint density at radius 1 is 1.05 bits per heavy atom. The summed E-state index contributed by atoms with van der Waals surface area (Å²) in [5, 5.41) is 0. The van der Waals surface area contributed by atoms with Crippen molar-refractivity contribution in [2.75, 3.05) is 21.3 Å². The third-order valence-electron chi connectivity index (χ3n) is 3.34. The van der Waals surface area contributed by atoms with Crippen LogP contribution in [0.15, 0.2) is 41.9 Å². The number of carbonyl (C=O) groups excluding carboxylic acids is 1. The minimum absolute atomic E-state index is 0.218. The van der Waals surface area contributed by atoms with Crippen molar-refractivity contribution in [1.82, 2.24) is 0 Å². The number of carbonyl (C=O) groups is 1. The summed E-state index contributed by atoms with van der Waals surface area (Å²) in [5.41, 5.74) is 0. The van der Waals surface area contributed by atoms with Gasteiger partial charge in [0.25, 0.3) is 0 Å². The van der Waals surface area contributed by atoms with E-state index in [1.807, 2.05) is 0 Å². The molecule has 1 aliphatic heterocycles. The average Bonchev–Trinajstić information content (AvgIpc) is 2.52. The van der Waals surface area contributed by atoms with Gasteiger partial charge in [-0.25, -0.2) is 0 Å². The van der Waals surface area contributed by atoms with Crippen LogP contribution in [0.3, 0.4) is 0 Å². The largest absolute Gasteiger partial charge is 0.497 e. The molecule has 1 heterocycles. The molecule has 0 spiro atoms. The van der Waals surface area contributed by atoms with Crippen LogP contribution in [0.5, 0.6) is 17.2 Å². The predicted molar refractivity (Wildman–Crippen MR) is 72.2 cm³/mol. The van der Waals surface area contributed by atoms with Gasteiger partial charge in [0.1, 0.15) is 11.5 Å². The quantitative estimate of drug-likeness (QED) is 0.846. The van der Waals surface area contributed by atoms with Gasteiger partial charge in [-0.3, -0.25) is 4.79 Å².